The monoisotopic (exact) mass is 253 g/mol. The van der Waals surface area contributed by atoms with Crippen LogP contribution in [0, 0.1) is 5.82 Å². The molecule has 1 aliphatic rings. The van der Waals surface area contributed by atoms with Crippen LogP contribution < -0.4 is 10.5 Å². The quantitative estimate of drug-likeness (QED) is 0.877. The Morgan fingerprint density at radius 3 is 3.06 bits per heavy atom. The molecule has 0 spiro atoms. The molecular formula is C14H20FNO2. The molecule has 1 aromatic rings. The summed E-state index contributed by atoms with van der Waals surface area (Å²) >= 11 is 0. The van der Waals surface area contributed by atoms with E-state index < -0.39 is 0 Å². The summed E-state index contributed by atoms with van der Waals surface area (Å²) in [5, 5.41) is 0. The Morgan fingerprint density at radius 1 is 1.56 bits per heavy atom. The van der Waals surface area contributed by atoms with Crippen molar-refractivity contribution in [2.75, 3.05) is 13.2 Å². The standard InChI is InChI=1S/C14H20FNO2/c1-10(16)13-5-4-11(15)9-14(13)18-8-6-12-3-2-7-17-12/h4-5,9-10,12H,2-3,6-8,16H2,1H3/t10-,12?/m1/s1. The van der Waals surface area contributed by atoms with Crippen LogP contribution in [0.25, 0.3) is 0 Å². The molecule has 0 bridgehead atoms. The molecule has 2 N–H and O–H groups in total. The van der Waals surface area contributed by atoms with E-state index in [9.17, 15) is 4.39 Å². The van der Waals surface area contributed by atoms with Crippen LogP contribution in [0.5, 0.6) is 5.75 Å². The number of ether oxygens (including phenoxy) is 2. The van der Waals surface area contributed by atoms with Crippen molar-refractivity contribution in [3.63, 3.8) is 0 Å². The maximum Gasteiger partial charge on any atom is 0.126 e. The Balaban J connectivity index is 1.92. The van der Waals surface area contributed by atoms with E-state index in [0.717, 1.165) is 31.4 Å². The second kappa shape index (κ2) is 6.16. The number of rotatable bonds is 5. The predicted molar refractivity (Wildman–Crippen MR) is 68.1 cm³/mol. The van der Waals surface area contributed by atoms with Crippen molar-refractivity contribution >= 4 is 0 Å². The molecular weight excluding hydrogens is 233 g/mol. The fourth-order valence-corrected chi connectivity index (χ4v) is 2.18. The van der Waals surface area contributed by atoms with Gasteiger partial charge in [-0.2, -0.15) is 0 Å². The lowest BCUT2D eigenvalue weighted by molar-refractivity contribution is 0.0901. The van der Waals surface area contributed by atoms with Crippen LogP contribution in [-0.2, 0) is 4.74 Å². The Hall–Kier alpha value is -1.13. The molecule has 0 aromatic heterocycles. The first-order chi connectivity index (χ1) is 8.66. The van der Waals surface area contributed by atoms with Crippen molar-refractivity contribution in [1.29, 1.82) is 0 Å². The first-order valence-corrected chi connectivity index (χ1v) is 6.46. The van der Waals surface area contributed by atoms with Crippen LogP contribution in [0.4, 0.5) is 4.39 Å². The first kappa shape index (κ1) is 13.3. The molecule has 100 valence electrons. The fraction of sp³-hybridized carbons (Fsp3) is 0.571. The van der Waals surface area contributed by atoms with E-state index >= 15 is 0 Å². The van der Waals surface area contributed by atoms with Crippen LogP contribution in [-0.4, -0.2) is 19.3 Å². The molecule has 0 saturated carbocycles. The summed E-state index contributed by atoms with van der Waals surface area (Å²) in [6.45, 7) is 3.24. The van der Waals surface area contributed by atoms with Gasteiger partial charge in [0, 0.05) is 30.7 Å². The molecule has 1 saturated heterocycles. The van der Waals surface area contributed by atoms with Gasteiger partial charge < -0.3 is 15.2 Å². The highest BCUT2D eigenvalue weighted by Crippen LogP contribution is 2.25. The van der Waals surface area contributed by atoms with Crippen LogP contribution >= 0.6 is 0 Å². The Bertz CT molecular complexity index is 389. The summed E-state index contributed by atoms with van der Waals surface area (Å²) in [4.78, 5) is 0. The van der Waals surface area contributed by atoms with Crippen molar-refractivity contribution < 1.29 is 13.9 Å². The van der Waals surface area contributed by atoms with E-state index in [1.807, 2.05) is 6.92 Å². The molecule has 1 fully saturated rings. The summed E-state index contributed by atoms with van der Waals surface area (Å²) in [5.74, 6) is 0.245. The SMILES string of the molecule is C[C@@H](N)c1ccc(F)cc1OCCC1CCCO1. The highest BCUT2D eigenvalue weighted by atomic mass is 19.1. The van der Waals surface area contributed by atoms with Gasteiger partial charge >= 0.3 is 0 Å². The summed E-state index contributed by atoms with van der Waals surface area (Å²) in [6.07, 6.45) is 3.34. The van der Waals surface area contributed by atoms with Crippen molar-refractivity contribution in [2.24, 2.45) is 5.73 Å². The molecule has 1 aromatic carbocycles. The second-order valence-electron chi connectivity index (χ2n) is 4.74. The largest absolute Gasteiger partial charge is 0.493 e. The number of hydrogen-bond donors (Lipinski definition) is 1. The van der Waals surface area contributed by atoms with E-state index in [2.05, 4.69) is 0 Å². The van der Waals surface area contributed by atoms with Gasteiger partial charge in [0.05, 0.1) is 12.7 Å². The minimum absolute atomic E-state index is 0.164. The maximum absolute atomic E-state index is 13.2. The Labute approximate surface area is 107 Å². The molecule has 2 atom stereocenters. The minimum atomic E-state index is -0.300. The highest BCUT2D eigenvalue weighted by Gasteiger charge is 2.16. The van der Waals surface area contributed by atoms with E-state index in [1.54, 1.807) is 6.07 Å². The maximum atomic E-state index is 13.2. The van der Waals surface area contributed by atoms with Gasteiger partial charge in [-0.05, 0) is 25.8 Å². The smallest absolute Gasteiger partial charge is 0.126 e. The lowest BCUT2D eigenvalue weighted by Gasteiger charge is -2.15. The normalized spacial score (nSPS) is 20.9. The molecule has 2 rings (SSSR count). The average molecular weight is 253 g/mol. The van der Waals surface area contributed by atoms with Crippen molar-refractivity contribution in [2.45, 2.75) is 38.3 Å². The molecule has 0 radical (unpaired) electrons. The molecule has 1 aliphatic heterocycles. The number of nitrogens with two attached hydrogens (primary N) is 1. The predicted octanol–water partition coefficient (Wildman–Crippen LogP) is 2.79. The molecule has 0 aliphatic carbocycles. The topological polar surface area (TPSA) is 44.5 Å². The van der Waals surface area contributed by atoms with Gasteiger partial charge in [-0.15, -0.1) is 0 Å². The molecule has 3 nitrogen and oxygen atoms in total. The summed E-state index contributed by atoms with van der Waals surface area (Å²) < 4.78 is 24.3. The van der Waals surface area contributed by atoms with Gasteiger partial charge in [0.15, 0.2) is 0 Å². The first-order valence-electron chi connectivity index (χ1n) is 6.46. The fourth-order valence-electron chi connectivity index (χ4n) is 2.18. The zero-order valence-electron chi connectivity index (χ0n) is 10.7. The van der Waals surface area contributed by atoms with Crippen LogP contribution in [0.3, 0.4) is 0 Å². The van der Waals surface area contributed by atoms with E-state index in [0.29, 0.717) is 12.4 Å². The number of benzene rings is 1. The van der Waals surface area contributed by atoms with E-state index in [-0.39, 0.29) is 18.0 Å². The third kappa shape index (κ3) is 3.43. The molecule has 18 heavy (non-hydrogen) atoms. The second-order valence-corrected chi connectivity index (χ2v) is 4.74. The minimum Gasteiger partial charge on any atom is -0.493 e. The summed E-state index contributed by atoms with van der Waals surface area (Å²) in [7, 11) is 0. The van der Waals surface area contributed by atoms with Crippen molar-refractivity contribution in [3.8, 4) is 5.75 Å². The van der Waals surface area contributed by atoms with E-state index in [4.69, 9.17) is 15.2 Å². The van der Waals surface area contributed by atoms with Crippen molar-refractivity contribution in [1.82, 2.24) is 0 Å². The van der Waals surface area contributed by atoms with Crippen molar-refractivity contribution in [3.05, 3.63) is 29.6 Å². The lowest BCUT2D eigenvalue weighted by Crippen LogP contribution is -2.13. The zero-order chi connectivity index (χ0) is 13.0. The number of halogens is 1. The number of hydrogen-bond acceptors (Lipinski definition) is 3. The van der Waals surface area contributed by atoms with Crippen LogP contribution in [0.1, 0.15) is 37.8 Å². The average Bonchev–Trinajstić information content (AvgIpc) is 2.82. The molecule has 1 heterocycles. The third-order valence-electron chi connectivity index (χ3n) is 3.19. The Kier molecular flexibility index (Phi) is 4.55. The van der Waals surface area contributed by atoms with Gasteiger partial charge in [-0.25, -0.2) is 4.39 Å². The van der Waals surface area contributed by atoms with Gasteiger partial charge in [-0.3, -0.25) is 0 Å². The van der Waals surface area contributed by atoms with Crippen LogP contribution in [0.15, 0.2) is 18.2 Å². The highest BCUT2D eigenvalue weighted by molar-refractivity contribution is 5.36. The summed E-state index contributed by atoms with van der Waals surface area (Å²) in [6, 6.07) is 4.32. The summed E-state index contributed by atoms with van der Waals surface area (Å²) in [5.41, 5.74) is 6.67. The van der Waals surface area contributed by atoms with E-state index in [1.165, 1.54) is 12.1 Å². The molecule has 0 amide bonds. The third-order valence-corrected chi connectivity index (χ3v) is 3.19. The van der Waals surface area contributed by atoms with Gasteiger partial charge in [0.2, 0.25) is 0 Å². The van der Waals surface area contributed by atoms with Gasteiger partial charge in [-0.1, -0.05) is 6.07 Å². The van der Waals surface area contributed by atoms with Gasteiger partial charge in [0.25, 0.3) is 0 Å². The molecule has 4 heteroatoms. The zero-order valence-corrected chi connectivity index (χ0v) is 10.7. The van der Waals surface area contributed by atoms with Crippen LogP contribution in [0.2, 0.25) is 0 Å². The lowest BCUT2D eigenvalue weighted by atomic mass is 10.1. The Morgan fingerprint density at radius 2 is 2.39 bits per heavy atom. The molecule has 1 unspecified atom stereocenters. The van der Waals surface area contributed by atoms with Gasteiger partial charge in [0.1, 0.15) is 11.6 Å².